The van der Waals surface area contributed by atoms with E-state index >= 15 is 0 Å². The second-order valence-corrected chi connectivity index (χ2v) is 4.68. The lowest BCUT2D eigenvalue weighted by Gasteiger charge is -2.28. The molecule has 0 radical (unpaired) electrons. The zero-order valence-electron chi connectivity index (χ0n) is 10.2. The smallest absolute Gasteiger partial charge is 0.410 e. The van der Waals surface area contributed by atoms with Gasteiger partial charge >= 0.3 is 6.09 Å². The number of carbonyl (C=O) groups is 2. The summed E-state index contributed by atoms with van der Waals surface area (Å²) in [5, 5.41) is 0. The Bertz CT molecular complexity index is 220. The average Bonchev–Trinajstić information content (AvgIpc) is 2.10. The molecule has 0 N–H and O–H groups in total. The van der Waals surface area contributed by atoms with Gasteiger partial charge in [0.15, 0.2) is 0 Å². The van der Waals surface area contributed by atoms with Gasteiger partial charge < -0.3 is 14.4 Å². The van der Waals surface area contributed by atoms with Crippen molar-refractivity contribution in [2.24, 2.45) is 0 Å². The van der Waals surface area contributed by atoms with Gasteiger partial charge in [0.1, 0.15) is 11.9 Å². The number of amides is 1. The van der Waals surface area contributed by atoms with Crippen molar-refractivity contribution < 1.29 is 14.3 Å². The Morgan fingerprint density at radius 2 is 2.00 bits per heavy atom. The Morgan fingerprint density at radius 1 is 1.47 bits per heavy atom. The van der Waals surface area contributed by atoms with Crippen molar-refractivity contribution in [2.45, 2.75) is 52.2 Å². The van der Waals surface area contributed by atoms with Crippen LogP contribution in [0.5, 0.6) is 0 Å². The summed E-state index contributed by atoms with van der Waals surface area (Å²) in [7, 11) is 1.68. The minimum absolute atomic E-state index is 0.0186. The summed E-state index contributed by atoms with van der Waals surface area (Å²) in [5.41, 5.74) is -0.476. The lowest BCUT2D eigenvalue weighted by Crippen LogP contribution is -2.39. The monoisotopic (exact) mass is 215 g/mol. The molecule has 0 aliphatic heterocycles. The standard InChI is InChI=1S/C11H21NO3/c1-9(7-6-8-13)12(5)10(14)15-11(2,3)4/h8-9H,6-7H2,1-5H3. The molecule has 1 amide bonds. The molecule has 0 aliphatic carbocycles. The SMILES string of the molecule is CC(CCC=O)N(C)C(=O)OC(C)(C)C. The summed E-state index contributed by atoms with van der Waals surface area (Å²) in [6.45, 7) is 7.38. The predicted molar refractivity (Wildman–Crippen MR) is 58.8 cm³/mol. The fourth-order valence-corrected chi connectivity index (χ4v) is 1.02. The van der Waals surface area contributed by atoms with Crippen molar-refractivity contribution in [3.05, 3.63) is 0 Å². The maximum atomic E-state index is 11.6. The quantitative estimate of drug-likeness (QED) is 0.675. The van der Waals surface area contributed by atoms with Crippen LogP contribution in [0.2, 0.25) is 0 Å². The largest absolute Gasteiger partial charge is 0.444 e. The van der Waals surface area contributed by atoms with E-state index in [1.807, 2.05) is 27.7 Å². The molecule has 0 aromatic heterocycles. The molecule has 4 nitrogen and oxygen atoms in total. The van der Waals surface area contributed by atoms with Gasteiger partial charge in [-0.25, -0.2) is 4.79 Å². The van der Waals surface area contributed by atoms with Gasteiger partial charge in [-0.1, -0.05) is 0 Å². The molecular weight excluding hydrogens is 194 g/mol. The molecule has 88 valence electrons. The Balaban J connectivity index is 4.13. The maximum Gasteiger partial charge on any atom is 0.410 e. The second-order valence-electron chi connectivity index (χ2n) is 4.68. The molecule has 1 unspecified atom stereocenters. The van der Waals surface area contributed by atoms with E-state index in [1.165, 1.54) is 4.90 Å². The van der Waals surface area contributed by atoms with Gasteiger partial charge in [0.2, 0.25) is 0 Å². The first-order valence-electron chi connectivity index (χ1n) is 5.17. The summed E-state index contributed by atoms with van der Waals surface area (Å²) in [5.74, 6) is 0. The summed E-state index contributed by atoms with van der Waals surface area (Å²) >= 11 is 0. The van der Waals surface area contributed by atoms with Crippen LogP contribution in [0.3, 0.4) is 0 Å². The highest BCUT2D eigenvalue weighted by Gasteiger charge is 2.22. The molecule has 0 aromatic rings. The first-order valence-corrected chi connectivity index (χ1v) is 5.17. The highest BCUT2D eigenvalue weighted by Crippen LogP contribution is 2.12. The first-order chi connectivity index (χ1) is 6.78. The Morgan fingerprint density at radius 3 is 2.40 bits per heavy atom. The molecule has 0 aromatic carbocycles. The van der Waals surface area contributed by atoms with Crippen molar-refractivity contribution in [1.29, 1.82) is 0 Å². The van der Waals surface area contributed by atoms with E-state index in [2.05, 4.69) is 0 Å². The van der Waals surface area contributed by atoms with Crippen molar-refractivity contribution in [3.8, 4) is 0 Å². The first kappa shape index (κ1) is 13.9. The van der Waals surface area contributed by atoms with E-state index < -0.39 is 5.60 Å². The molecule has 0 saturated heterocycles. The van der Waals surface area contributed by atoms with E-state index in [0.717, 1.165) is 6.29 Å². The Kier molecular flexibility index (Phi) is 5.33. The molecule has 0 fully saturated rings. The predicted octanol–water partition coefficient (Wildman–Crippen LogP) is 2.22. The average molecular weight is 215 g/mol. The van der Waals surface area contributed by atoms with Gasteiger partial charge in [0, 0.05) is 19.5 Å². The number of ether oxygens (including phenoxy) is 1. The molecule has 0 aliphatic rings. The molecule has 0 heterocycles. The molecule has 0 saturated carbocycles. The third kappa shape index (κ3) is 6.10. The summed E-state index contributed by atoms with van der Waals surface area (Å²) in [6, 6.07) is 0.0186. The summed E-state index contributed by atoms with van der Waals surface area (Å²) in [4.78, 5) is 23.3. The number of aldehydes is 1. The van der Waals surface area contributed by atoms with Crippen LogP contribution < -0.4 is 0 Å². The number of carbonyl (C=O) groups excluding carboxylic acids is 2. The van der Waals surface area contributed by atoms with Crippen LogP contribution in [0.4, 0.5) is 4.79 Å². The van der Waals surface area contributed by atoms with Crippen LogP contribution in [0.1, 0.15) is 40.5 Å². The van der Waals surface area contributed by atoms with Gasteiger partial charge in [0.25, 0.3) is 0 Å². The lowest BCUT2D eigenvalue weighted by atomic mass is 10.2. The number of rotatable bonds is 4. The summed E-state index contributed by atoms with van der Waals surface area (Å²) < 4.78 is 5.20. The van der Waals surface area contributed by atoms with Gasteiger partial charge in [0.05, 0.1) is 0 Å². The molecular formula is C11H21NO3. The van der Waals surface area contributed by atoms with Crippen LogP contribution in [0.15, 0.2) is 0 Å². The topological polar surface area (TPSA) is 46.6 Å². The number of nitrogens with zero attached hydrogens (tertiary/aromatic N) is 1. The van der Waals surface area contributed by atoms with Crippen LogP contribution in [-0.4, -0.2) is 36.0 Å². The molecule has 0 bridgehead atoms. The highest BCUT2D eigenvalue weighted by molar-refractivity contribution is 5.68. The molecule has 0 rings (SSSR count). The van der Waals surface area contributed by atoms with Crippen LogP contribution in [0.25, 0.3) is 0 Å². The van der Waals surface area contributed by atoms with Gasteiger partial charge in [-0.2, -0.15) is 0 Å². The third-order valence-electron chi connectivity index (χ3n) is 2.04. The van der Waals surface area contributed by atoms with Crippen molar-refractivity contribution in [1.82, 2.24) is 4.90 Å². The molecule has 4 heteroatoms. The van der Waals surface area contributed by atoms with Crippen molar-refractivity contribution in [3.63, 3.8) is 0 Å². The van der Waals surface area contributed by atoms with E-state index in [9.17, 15) is 9.59 Å². The highest BCUT2D eigenvalue weighted by atomic mass is 16.6. The van der Waals surface area contributed by atoms with Gasteiger partial charge in [-0.3, -0.25) is 0 Å². The fourth-order valence-electron chi connectivity index (χ4n) is 1.02. The van der Waals surface area contributed by atoms with E-state index in [4.69, 9.17) is 4.74 Å². The normalized spacial score (nSPS) is 13.1. The second kappa shape index (κ2) is 5.73. The van der Waals surface area contributed by atoms with Crippen molar-refractivity contribution >= 4 is 12.4 Å². The minimum Gasteiger partial charge on any atom is -0.444 e. The third-order valence-corrected chi connectivity index (χ3v) is 2.04. The molecule has 15 heavy (non-hydrogen) atoms. The molecule has 1 atom stereocenters. The lowest BCUT2D eigenvalue weighted by molar-refractivity contribution is -0.108. The van der Waals surface area contributed by atoms with E-state index in [1.54, 1.807) is 7.05 Å². The zero-order valence-corrected chi connectivity index (χ0v) is 10.2. The summed E-state index contributed by atoms with van der Waals surface area (Å²) in [6.07, 6.45) is 1.65. The minimum atomic E-state index is -0.476. The Hall–Kier alpha value is -1.06. The van der Waals surface area contributed by atoms with Crippen molar-refractivity contribution in [2.75, 3.05) is 7.05 Å². The number of hydrogen-bond donors (Lipinski definition) is 0. The van der Waals surface area contributed by atoms with Gasteiger partial charge in [-0.05, 0) is 34.1 Å². The zero-order chi connectivity index (χ0) is 12.1. The van der Waals surface area contributed by atoms with Gasteiger partial charge in [-0.15, -0.1) is 0 Å². The van der Waals surface area contributed by atoms with E-state index in [-0.39, 0.29) is 12.1 Å². The number of hydrogen-bond acceptors (Lipinski definition) is 3. The van der Waals surface area contributed by atoms with Crippen LogP contribution in [-0.2, 0) is 9.53 Å². The van der Waals surface area contributed by atoms with Crippen LogP contribution in [0, 0.1) is 0 Å². The molecule has 0 spiro atoms. The Labute approximate surface area is 91.6 Å². The van der Waals surface area contributed by atoms with E-state index in [0.29, 0.717) is 12.8 Å². The maximum absolute atomic E-state index is 11.6. The van der Waals surface area contributed by atoms with Crippen LogP contribution >= 0.6 is 0 Å². The fraction of sp³-hybridized carbons (Fsp3) is 0.818.